The lowest BCUT2D eigenvalue weighted by atomic mass is 9.81. The molecular weight excluding hydrogens is 236 g/mol. The lowest BCUT2D eigenvalue weighted by Crippen LogP contribution is -2.50. The van der Waals surface area contributed by atoms with Crippen molar-refractivity contribution < 1.29 is 4.74 Å². The third-order valence-electron chi connectivity index (χ3n) is 4.38. The number of hydrogen-bond acceptors (Lipinski definition) is 3. The summed E-state index contributed by atoms with van der Waals surface area (Å²) in [6.07, 6.45) is 5.30. The molecule has 1 heterocycles. The maximum Gasteiger partial charge on any atom is 0.0546 e. The highest BCUT2D eigenvalue weighted by Gasteiger charge is 2.36. The number of nitrogens with zero attached hydrogens (tertiary/aromatic N) is 1. The molecule has 1 aliphatic carbocycles. The van der Waals surface area contributed by atoms with Gasteiger partial charge in [0.25, 0.3) is 0 Å². The Morgan fingerprint density at radius 1 is 1.37 bits per heavy atom. The summed E-state index contributed by atoms with van der Waals surface area (Å²) >= 11 is 0. The smallest absolute Gasteiger partial charge is 0.0546 e. The Kier molecular flexibility index (Phi) is 5.67. The molecule has 3 heteroatoms. The van der Waals surface area contributed by atoms with Gasteiger partial charge >= 0.3 is 0 Å². The maximum atomic E-state index is 5.82. The van der Waals surface area contributed by atoms with E-state index in [1.807, 2.05) is 0 Å². The summed E-state index contributed by atoms with van der Waals surface area (Å²) in [4.78, 5) is 2.62. The van der Waals surface area contributed by atoms with E-state index in [1.165, 1.54) is 38.8 Å². The lowest BCUT2D eigenvalue weighted by Gasteiger charge is -2.41. The van der Waals surface area contributed by atoms with Crippen LogP contribution < -0.4 is 5.32 Å². The van der Waals surface area contributed by atoms with E-state index in [-0.39, 0.29) is 0 Å². The summed E-state index contributed by atoms with van der Waals surface area (Å²) in [5.41, 5.74) is 0.353. The molecule has 0 aromatic rings. The van der Waals surface area contributed by atoms with E-state index in [2.05, 4.69) is 31.0 Å². The van der Waals surface area contributed by atoms with Crippen LogP contribution in [0.15, 0.2) is 0 Å². The van der Waals surface area contributed by atoms with Crippen molar-refractivity contribution in [3.05, 3.63) is 0 Å². The number of hydrogen-bond donors (Lipinski definition) is 1. The molecule has 2 aliphatic rings. The quantitative estimate of drug-likeness (QED) is 0.732. The summed E-state index contributed by atoms with van der Waals surface area (Å²) in [6.45, 7) is 13.5. The Balaban J connectivity index is 1.90. The summed E-state index contributed by atoms with van der Waals surface area (Å²) in [5, 5.41) is 3.74. The van der Waals surface area contributed by atoms with Gasteiger partial charge in [0, 0.05) is 37.7 Å². The van der Waals surface area contributed by atoms with E-state index < -0.39 is 0 Å². The Morgan fingerprint density at radius 3 is 2.68 bits per heavy atom. The molecule has 0 bridgehead atoms. The zero-order valence-corrected chi connectivity index (χ0v) is 13.1. The number of rotatable bonds is 8. The van der Waals surface area contributed by atoms with Gasteiger partial charge in [-0.25, -0.2) is 0 Å². The van der Waals surface area contributed by atoms with Gasteiger partial charge in [-0.15, -0.1) is 0 Å². The molecule has 112 valence electrons. The van der Waals surface area contributed by atoms with Crippen molar-refractivity contribution in [1.29, 1.82) is 0 Å². The number of ether oxygens (including phenoxy) is 1. The maximum absolute atomic E-state index is 5.82. The van der Waals surface area contributed by atoms with Crippen LogP contribution in [0.25, 0.3) is 0 Å². The Bertz CT molecular complexity index is 257. The molecule has 1 atom stereocenters. The standard InChI is InChI=1S/C16H32N2O/c1-4-18(10-14(2)3)12-16(8-5-9-19-13-16)11-17-15-6-7-15/h14-15,17H,4-13H2,1-3H3. The van der Waals surface area contributed by atoms with Crippen molar-refractivity contribution in [3.8, 4) is 0 Å². The summed E-state index contributed by atoms with van der Waals surface area (Å²) < 4.78 is 5.82. The van der Waals surface area contributed by atoms with E-state index in [1.54, 1.807) is 0 Å². The predicted molar refractivity (Wildman–Crippen MR) is 80.5 cm³/mol. The fraction of sp³-hybridized carbons (Fsp3) is 1.00. The van der Waals surface area contributed by atoms with Crippen LogP contribution in [0, 0.1) is 11.3 Å². The van der Waals surface area contributed by atoms with E-state index in [9.17, 15) is 0 Å². The molecule has 0 amide bonds. The molecule has 0 aromatic heterocycles. The van der Waals surface area contributed by atoms with Crippen molar-refractivity contribution in [2.75, 3.05) is 39.4 Å². The van der Waals surface area contributed by atoms with Gasteiger partial charge in [0.1, 0.15) is 0 Å². The monoisotopic (exact) mass is 268 g/mol. The van der Waals surface area contributed by atoms with Crippen LogP contribution in [0.3, 0.4) is 0 Å². The van der Waals surface area contributed by atoms with Crippen LogP contribution in [0.5, 0.6) is 0 Å². The molecule has 2 rings (SSSR count). The Hall–Kier alpha value is -0.120. The molecule has 1 aliphatic heterocycles. The van der Waals surface area contributed by atoms with Gasteiger partial charge in [0.05, 0.1) is 6.61 Å². The lowest BCUT2D eigenvalue weighted by molar-refractivity contribution is -0.0271. The first-order valence-corrected chi connectivity index (χ1v) is 8.17. The van der Waals surface area contributed by atoms with Gasteiger partial charge in [-0.3, -0.25) is 0 Å². The zero-order chi connectivity index (χ0) is 13.7. The summed E-state index contributed by atoms with van der Waals surface area (Å²) in [7, 11) is 0. The fourth-order valence-corrected chi connectivity index (χ4v) is 3.17. The van der Waals surface area contributed by atoms with Gasteiger partial charge in [-0.05, 0) is 38.1 Å². The molecule has 1 N–H and O–H groups in total. The predicted octanol–water partition coefficient (Wildman–Crippen LogP) is 2.51. The highest BCUT2D eigenvalue weighted by molar-refractivity contribution is 4.91. The van der Waals surface area contributed by atoms with Crippen LogP contribution >= 0.6 is 0 Å². The normalized spacial score (nSPS) is 28.3. The van der Waals surface area contributed by atoms with Crippen molar-refractivity contribution in [2.24, 2.45) is 11.3 Å². The summed E-state index contributed by atoms with van der Waals surface area (Å²) in [6, 6.07) is 0.805. The van der Waals surface area contributed by atoms with Crippen molar-refractivity contribution in [3.63, 3.8) is 0 Å². The minimum Gasteiger partial charge on any atom is -0.381 e. The minimum absolute atomic E-state index is 0.353. The zero-order valence-electron chi connectivity index (χ0n) is 13.1. The molecule has 1 saturated heterocycles. The first-order valence-electron chi connectivity index (χ1n) is 8.17. The van der Waals surface area contributed by atoms with Gasteiger partial charge < -0.3 is 15.0 Å². The van der Waals surface area contributed by atoms with Gasteiger partial charge in [0.15, 0.2) is 0 Å². The van der Waals surface area contributed by atoms with Crippen LogP contribution in [-0.4, -0.2) is 50.3 Å². The van der Waals surface area contributed by atoms with Gasteiger partial charge in [-0.2, -0.15) is 0 Å². The van der Waals surface area contributed by atoms with E-state index in [0.29, 0.717) is 5.41 Å². The minimum atomic E-state index is 0.353. The molecule has 2 fully saturated rings. The molecule has 0 aromatic carbocycles. The van der Waals surface area contributed by atoms with Crippen LogP contribution in [0.1, 0.15) is 46.5 Å². The van der Waals surface area contributed by atoms with Gasteiger partial charge in [-0.1, -0.05) is 20.8 Å². The largest absolute Gasteiger partial charge is 0.381 e. The average molecular weight is 268 g/mol. The number of nitrogens with one attached hydrogen (secondary N) is 1. The van der Waals surface area contributed by atoms with Crippen LogP contribution in [-0.2, 0) is 4.74 Å². The third-order valence-corrected chi connectivity index (χ3v) is 4.38. The van der Waals surface area contributed by atoms with Crippen LogP contribution in [0.2, 0.25) is 0 Å². The topological polar surface area (TPSA) is 24.5 Å². The average Bonchev–Trinajstić information content (AvgIpc) is 3.20. The van der Waals surface area contributed by atoms with Crippen LogP contribution in [0.4, 0.5) is 0 Å². The molecule has 3 nitrogen and oxygen atoms in total. The third kappa shape index (κ3) is 5.05. The second-order valence-electron chi connectivity index (χ2n) is 7.03. The molecule has 19 heavy (non-hydrogen) atoms. The molecule has 1 saturated carbocycles. The molecule has 1 unspecified atom stereocenters. The van der Waals surface area contributed by atoms with Gasteiger partial charge in [0.2, 0.25) is 0 Å². The van der Waals surface area contributed by atoms with Crippen molar-refractivity contribution in [1.82, 2.24) is 10.2 Å². The Labute approximate surface area is 119 Å². The van der Waals surface area contributed by atoms with Crippen molar-refractivity contribution in [2.45, 2.75) is 52.5 Å². The molecule has 0 spiro atoms. The van der Waals surface area contributed by atoms with E-state index >= 15 is 0 Å². The SMILES string of the molecule is CCN(CC(C)C)CC1(CNC2CC2)CCCOC1. The molecular formula is C16H32N2O. The Morgan fingerprint density at radius 2 is 2.16 bits per heavy atom. The fourth-order valence-electron chi connectivity index (χ4n) is 3.17. The van der Waals surface area contributed by atoms with E-state index in [4.69, 9.17) is 4.74 Å². The first-order chi connectivity index (χ1) is 9.13. The molecule has 0 radical (unpaired) electrons. The second kappa shape index (κ2) is 7.05. The van der Waals surface area contributed by atoms with Crippen molar-refractivity contribution >= 4 is 0 Å². The first kappa shape index (κ1) is 15.3. The second-order valence-corrected chi connectivity index (χ2v) is 7.03. The highest BCUT2D eigenvalue weighted by atomic mass is 16.5. The highest BCUT2D eigenvalue weighted by Crippen LogP contribution is 2.31. The van der Waals surface area contributed by atoms with E-state index in [0.717, 1.165) is 38.3 Å². The summed E-state index contributed by atoms with van der Waals surface area (Å²) in [5.74, 6) is 0.748.